The van der Waals surface area contributed by atoms with Crippen LogP contribution in [0.4, 0.5) is 0 Å². The number of thioether (sulfide) groups is 1. The van der Waals surface area contributed by atoms with E-state index < -0.39 is 17.2 Å². The summed E-state index contributed by atoms with van der Waals surface area (Å²) in [7, 11) is 0. The molecule has 0 aromatic heterocycles. The Bertz CT molecular complexity index is 163. The van der Waals surface area contributed by atoms with E-state index in [1.807, 2.05) is 0 Å². The molecule has 76 valence electrons. The Morgan fingerprint density at radius 2 is 1.54 bits per heavy atom. The van der Waals surface area contributed by atoms with Gasteiger partial charge in [-0.1, -0.05) is 0 Å². The fraction of sp³-hybridized carbons (Fsp3) is 0.750. The first-order chi connectivity index (χ1) is 6.17. The van der Waals surface area contributed by atoms with Gasteiger partial charge in [0.2, 0.25) is 0 Å². The summed E-state index contributed by atoms with van der Waals surface area (Å²) < 4.78 is 9.40. The van der Waals surface area contributed by atoms with Gasteiger partial charge in [0.25, 0.3) is 0 Å². The van der Waals surface area contributed by atoms with Gasteiger partial charge >= 0.3 is 11.9 Å². The molecule has 0 saturated heterocycles. The second kappa shape index (κ2) is 6.77. The van der Waals surface area contributed by atoms with Crippen LogP contribution in [-0.4, -0.2) is 36.7 Å². The van der Waals surface area contributed by atoms with E-state index in [2.05, 4.69) is 0 Å². The maximum absolute atomic E-state index is 11.1. The highest BCUT2D eigenvalue weighted by Gasteiger charge is 2.28. The maximum atomic E-state index is 11.1. The number of ether oxygens (including phenoxy) is 2. The molecule has 13 heavy (non-hydrogen) atoms. The zero-order valence-electron chi connectivity index (χ0n) is 8.03. The molecule has 0 aliphatic carbocycles. The van der Waals surface area contributed by atoms with Gasteiger partial charge in [0.05, 0.1) is 13.2 Å². The van der Waals surface area contributed by atoms with Crippen LogP contribution in [-0.2, 0) is 19.1 Å². The van der Waals surface area contributed by atoms with Gasteiger partial charge in [0.15, 0.2) is 5.25 Å². The predicted molar refractivity (Wildman–Crippen MR) is 50.6 cm³/mol. The van der Waals surface area contributed by atoms with Crippen LogP contribution in [0.1, 0.15) is 13.8 Å². The van der Waals surface area contributed by atoms with E-state index in [4.69, 9.17) is 9.47 Å². The van der Waals surface area contributed by atoms with Gasteiger partial charge in [-0.25, -0.2) is 0 Å². The lowest BCUT2D eigenvalue weighted by molar-refractivity contribution is -0.152. The Labute approximate surface area is 82.0 Å². The van der Waals surface area contributed by atoms with Crippen LogP contribution < -0.4 is 0 Å². The lowest BCUT2D eigenvalue weighted by Gasteiger charge is -2.11. The van der Waals surface area contributed by atoms with Crippen LogP contribution in [0.3, 0.4) is 0 Å². The highest BCUT2D eigenvalue weighted by atomic mass is 32.2. The van der Waals surface area contributed by atoms with E-state index >= 15 is 0 Å². The van der Waals surface area contributed by atoms with Crippen molar-refractivity contribution in [1.29, 1.82) is 0 Å². The third-order valence-electron chi connectivity index (χ3n) is 1.24. The maximum Gasteiger partial charge on any atom is 0.330 e. The van der Waals surface area contributed by atoms with Crippen LogP contribution in [0.15, 0.2) is 0 Å². The first-order valence-electron chi connectivity index (χ1n) is 4.03. The first-order valence-corrected chi connectivity index (χ1v) is 5.32. The molecule has 0 aromatic carbocycles. The number of hydrogen-bond acceptors (Lipinski definition) is 5. The molecule has 0 bridgehead atoms. The molecule has 0 unspecified atom stereocenters. The van der Waals surface area contributed by atoms with Crippen molar-refractivity contribution in [1.82, 2.24) is 0 Å². The topological polar surface area (TPSA) is 52.6 Å². The third kappa shape index (κ3) is 4.17. The Hall–Kier alpha value is -0.710. The summed E-state index contributed by atoms with van der Waals surface area (Å²) >= 11 is 1.12. The Kier molecular flexibility index (Phi) is 6.40. The lowest BCUT2D eigenvalue weighted by Crippen LogP contribution is -2.30. The zero-order valence-corrected chi connectivity index (χ0v) is 8.85. The SMILES string of the molecule is CCOC(=O)C(SC)C(=O)OCC. The standard InChI is InChI=1S/C8H14O4S/c1-4-11-7(9)6(13-3)8(10)12-5-2/h6H,4-5H2,1-3H3. The molecule has 0 aliphatic rings. The number of carbonyl (C=O) groups is 2. The lowest BCUT2D eigenvalue weighted by atomic mass is 10.4. The highest BCUT2D eigenvalue weighted by molar-refractivity contribution is 8.00. The predicted octanol–water partition coefficient (Wildman–Crippen LogP) is 0.844. The molecule has 0 rings (SSSR count). The number of hydrogen-bond donors (Lipinski definition) is 0. The fourth-order valence-corrected chi connectivity index (χ4v) is 1.25. The number of rotatable bonds is 5. The summed E-state index contributed by atoms with van der Waals surface area (Å²) in [5.41, 5.74) is 0. The number of carbonyl (C=O) groups excluding carboxylic acids is 2. The van der Waals surface area contributed by atoms with E-state index in [9.17, 15) is 9.59 Å². The molecule has 0 radical (unpaired) electrons. The second-order valence-electron chi connectivity index (χ2n) is 2.12. The summed E-state index contributed by atoms with van der Waals surface area (Å²) in [4.78, 5) is 22.3. The van der Waals surface area contributed by atoms with Crippen molar-refractivity contribution in [3.8, 4) is 0 Å². The van der Waals surface area contributed by atoms with E-state index in [-0.39, 0.29) is 13.2 Å². The summed E-state index contributed by atoms with van der Waals surface area (Å²) in [5.74, 6) is -1.07. The highest BCUT2D eigenvalue weighted by Crippen LogP contribution is 2.10. The van der Waals surface area contributed by atoms with Crippen molar-refractivity contribution in [2.24, 2.45) is 0 Å². The van der Waals surface area contributed by atoms with Gasteiger partial charge in [-0.2, -0.15) is 0 Å². The summed E-state index contributed by atoms with van der Waals surface area (Å²) in [6.07, 6.45) is 1.67. The van der Waals surface area contributed by atoms with Gasteiger partial charge in [-0.3, -0.25) is 9.59 Å². The van der Waals surface area contributed by atoms with Crippen LogP contribution >= 0.6 is 11.8 Å². The first kappa shape index (κ1) is 12.3. The van der Waals surface area contributed by atoms with Crippen molar-refractivity contribution in [3.05, 3.63) is 0 Å². The van der Waals surface area contributed by atoms with E-state index in [1.54, 1.807) is 20.1 Å². The normalized spacial score (nSPS) is 9.85. The Balaban J connectivity index is 4.15. The quantitative estimate of drug-likeness (QED) is 0.493. The number of esters is 2. The van der Waals surface area contributed by atoms with Crippen LogP contribution in [0.25, 0.3) is 0 Å². The van der Waals surface area contributed by atoms with Crippen LogP contribution in [0.2, 0.25) is 0 Å². The molecule has 0 atom stereocenters. The molecular weight excluding hydrogens is 192 g/mol. The molecule has 0 aromatic rings. The average molecular weight is 206 g/mol. The monoisotopic (exact) mass is 206 g/mol. The minimum Gasteiger partial charge on any atom is -0.465 e. The van der Waals surface area contributed by atoms with Gasteiger partial charge in [-0.05, 0) is 20.1 Å². The zero-order chi connectivity index (χ0) is 10.3. The molecule has 0 saturated carbocycles. The van der Waals surface area contributed by atoms with E-state index in [0.29, 0.717) is 0 Å². The Morgan fingerprint density at radius 3 is 1.77 bits per heavy atom. The molecule has 0 N–H and O–H groups in total. The van der Waals surface area contributed by atoms with Gasteiger partial charge < -0.3 is 9.47 Å². The molecule has 0 heterocycles. The fourth-order valence-electron chi connectivity index (χ4n) is 0.725. The van der Waals surface area contributed by atoms with E-state index in [0.717, 1.165) is 11.8 Å². The van der Waals surface area contributed by atoms with Gasteiger partial charge in [0, 0.05) is 0 Å². The van der Waals surface area contributed by atoms with Crippen LogP contribution in [0, 0.1) is 0 Å². The smallest absolute Gasteiger partial charge is 0.330 e. The van der Waals surface area contributed by atoms with Crippen molar-refractivity contribution >= 4 is 23.7 Å². The van der Waals surface area contributed by atoms with Gasteiger partial charge in [-0.15, -0.1) is 11.8 Å². The molecular formula is C8H14O4S. The summed E-state index contributed by atoms with van der Waals surface area (Å²) in [6, 6.07) is 0. The summed E-state index contributed by atoms with van der Waals surface area (Å²) in [5, 5.41) is -0.847. The van der Waals surface area contributed by atoms with Crippen molar-refractivity contribution in [2.75, 3.05) is 19.5 Å². The second-order valence-corrected chi connectivity index (χ2v) is 3.06. The summed E-state index contributed by atoms with van der Waals surface area (Å²) in [6.45, 7) is 3.94. The third-order valence-corrected chi connectivity index (χ3v) is 2.09. The van der Waals surface area contributed by atoms with E-state index in [1.165, 1.54) is 0 Å². The van der Waals surface area contributed by atoms with Gasteiger partial charge in [0.1, 0.15) is 0 Å². The van der Waals surface area contributed by atoms with Crippen LogP contribution in [0.5, 0.6) is 0 Å². The molecule has 0 aliphatic heterocycles. The van der Waals surface area contributed by atoms with Crippen molar-refractivity contribution in [2.45, 2.75) is 19.1 Å². The minimum atomic E-state index is -0.847. The largest absolute Gasteiger partial charge is 0.465 e. The molecule has 0 fully saturated rings. The minimum absolute atomic E-state index is 0.273. The molecule has 0 spiro atoms. The van der Waals surface area contributed by atoms with Crippen molar-refractivity contribution in [3.63, 3.8) is 0 Å². The van der Waals surface area contributed by atoms with Crippen molar-refractivity contribution < 1.29 is 19.1 Å². The molecule has 0 amide bonds. The Morgan fingerprint density at radius 1 is 1.15 bits per heavy atom. The molecule has 5 heteroatoms. The molecule has 4 nitrogen and oxygen atoms in total. The average Bonchev–Trinajstić information content (AvgIpc) is 2.06.